The van der Waals surface area contributed by atoms with E-state index in [4.69, 9.17) is 0 Å². The fraction of sp³-hybridized carbons (Fsp3) is 0.385. The Kier molecular flexibility index (Phi) is 3.47. The van der Waals surface area contributed by atoms with Gasteiger partial charge in [-0.3, -0.25) is 9.59 Å². The van der Waals surface area contributed by atoms with Crippen LogP contribution in [0.15, 0.2) is 30.3 Å². The molecule has 3 heteroatoms. The molecule has 2 unspecified atom stereocenters. The van der Waals surface area contributed by atoms with Crippen molar-refractivity contribution in [2.24, 2.45) is 0 Å². The molecule has 1 saturated heterocycles. The molecule has 2 rings (SSSR count). The maximum absolute atomic E-state index is 11.2. The number of carbonyl (C=O) groups excluding carboxylic acids is 2. The first-order valence-corrected chi connectivity index (χ1v) is 5.58. The minimum absolute atomic E-state index is 0.266. The van der Waals surface area contributed by atoms with Gasteiger partial charge in [0.15, 0.2) is 6.29 Å². The third-order valence-corrected chi connectivity index (χ3v) is 3.15. The van der Waals surface area contributed by atoms with Crippen LogP contribution in [0.2, 0.25) is 0 Å². The van der Waals surface area contributed by atoms with Crippen LogP contribution in [-0.2, 0) is 9.59 Å². The predicted molar refractivity (Wildman–Crippen MR) is 61.3 cm³/mol. The van der Waals surface area contributed by atoms with E-state index in [9.17, 15) is 9.59 Å². The lowest BCUT2D eigenvalue weighted by Crippen LogP contribution is -2.43. The monoisotopic (exact) mass is 217 g/mol. The van der Waals surface area contributed by atoms with Crippen molar-refractivity contribution in [2.75, 3.05) is 6.54 Å². The number of piperidine rings is 1. The number of hydrogen-bond acceptors (Lipinski definition) is 3. The molecule has 1 heterocycles. The van der Waals surface area contributed by atoms with Crippen LogP contribution in [0.25, 0.3) is 0 Å². The zero-order valence-electron chi connectivity index (χ0n) is 9.06. The smallest absolute Gasteiger partial charge is 0.212 e. The van der Waals surface area contributed by atoms with Crippen molar-refractivity contribution >= 4 is 12.1 Å². The van der Waals surface area contributed by atoms with Gasteiger partial charge < -0.3 is 5.32 Å². The first-order valence-electron chi connectivity index (χ1n) is 5.58. The van der Waals surface area contributed by atoms with Gasteiger partial charge in [0.1, 0.15) is 0 Å². The average Bonchev–Trinajstić information content (AvgIpc) is 2.39. The van der Waals surface area contributed by atoms with Gasteiger partial charge in [-0.25, -0.2) is 0 Å². The summed E-state index contributed by atoms with van der Waals surface area (Å²) in [6, 6.07) is 9.99. The molecule has 3 nitrogen and oxygen atoms in total. The molecule has 16 heavy (non-hydrogen) atoms. The van der Waals surface area contributed by atoms with E-state index in [0.717, 1.165) is 19.4 Å². The van der Waals surface area contributed by atoms with Gasteiger partial charge in [0.25, 0.3) is 0 Å². The van der Waals surface area contributed by atoms with E-state index in [-0.39, 0.29) is 11.8 Å². The largest absolute Gasteiger partial charge is 0.306 e. The molecule has 1 fully saturated rings. The second-order valence-electron chi connectivity index (χ2n) is 4.17. The first kappa shape index (κ1) is 11.0. The molecule has 1 aromatic rings. The van der Waals surface area contributed by atoms with Gasteiger partial charge in [-0.05, 0) is 24.3 Å². The molecule has 0 aromatic heterocycles. The molecule has 0 aliphatic carbocycles. The van der Waals surface area contributed by atoms with Crippen LogP contribution in [0.1, 0.15) is 24.3 Å². The van der Waals surface area contributed by atoms with Gasteiger partial charge in [-0.2, -0.15) is 0 Å². The van der Waals surface area contributed by atoms with Crippen molar-refractivity contribution in [2.45, 2.75) is 24.8 Å². The normalized spacial score (nSPS) is 25.0. The highest BCUT2D eigenvalue weighted by atomic mass is 16.2. The Balaban J connectivity index is 1.95. The second kappa shape index (κ2) is 5.03. The van der Waals surface area contributed by atoms with E-state index in [1.165, 1.54) is 5.56 Å². The highest BCUT2D eigenvalue weighted by Crippen LogP contribution is 2.24. The third kappa shape index (κ3) is 2.36. The van der Waals surface area contributed by atoms with Crippen molar-refractivity contribution in [1.29, 1.82) is 0 Å². The SMILES string of the molecule is O=CC(=O)C1CCC(c2ccccc2)CN1. The van der Waals surface area contributed by atoms with Crippen LogP contribution in [-0.4, -0.2) is 24.7 Å². The summed E-state index contributed by atoms with van der Waals surface area (Å²) in [5.74, 6) is 0.128. The number of benzene rings is 1. The number of hydrogen-bond donors (Lipinski definition) is 1. The molecular formula is C13H15NO2. The topological polar surface area (TPSA) is 46.2 Å². The number of ketones is 1. The predicted octanol–water partition coefficient (Wildman–Crippen LogP) is 1.29. The molecule has 2 atom stereocenters. The summed E-state index contributed by atoms with van der Waals surface area (Å²) in [5.41, 5.74) is 1.30. The summed E-state index contributed by atoms with van der Waals surface area (Å²) in [5, 5.41) is 3.14. The minimum atomic E-state index is -0.327. The summed E-state index contributed by atoms with van der Waals surface area (Å²) in [6.45, 7) is 0.772. The van der Waals surface area contributed by atoms with Crippen LogP contribution in [0, 0.1) is 0 Å². The maximum Gasteiger partial charge on any atom is 0.212 e. The fourth-order valence-corrected chi connectivity index (χ4v) is 2.19. The average molecular weight is 217 g/mol. The van der Waals surface area contributed by atoms with Gasteiger partial charge >= 0.3 is 0 Å². The zero-order valence-corrected chi connectivity index (χ0v) is 9.06. The van der Waals surface area contributed by atoms with Crippen molar-refractivity contribution in [3.63, 3.8) is 0 Å². The summed E-state index contributed by atoms with van der Waals surface area (Å²) in [4.78, 5) is 21.5. The molecule has 1 N–H and O–H groups in total. The Hall–Kier alpha value is -1.48. The molecule has 1 aromatic carbocycles. The van der Waals surface area contributed by atoms with Crippen molar-refractivity contribution in [3.8, 4) is 0 Å². The number of carbonyl (C=O) groups is 2. The molecule has 84 valence electrons. The highest BCUT2D eigenvalue weighted by molar-refractivity contribution is 6.27. The summed E-state index contributed by atoms with van der Waals surface area (Å²) < 4.78 is 0. The summed E-state index contributed by atoms with van der Waals surface area (Å²) >= 11 is 0. The van der Waals surface area contributed by atoms with Crippen molar-refractivity contribution in [3.05, 3.63) is 35.9 Å². The molecule has 0 amide bonds. The maximum atomic E-state index is 11.2. The lowest BCUT2D eigenvalue weighted by Gasteiger charge is -2.28. The first-order chi connectivity index (χ1) is 7.81. The second-order valence-corrected chi connectivity index (χ2v) is 4.17. The number of Topliss-reactive ketones (excluding diaryl/α,β-unsaturated/α-hetero) is 1. The summed E-state index contributed by atoms with van der Waals surface area (Å²) in [6.07, 6.45) is 2.12. The zero-order chi connectivity index (χ0) is 11.4. The van der Waals surface area contributed by atoms with E-state index in [0.29, 0.717) is 12.2 Å². The van der Waals surface area contributed by atoms with E-state index >= 15 is 0 Å². The van der Waals surface area contributed by atoms with E-state index in [1.54, 1.807) is 0 Å². The molecule has 1 aliphatic heterocycles. The van der Waals surface area contributed by atoms with Crippen LogP contribution >= 0.6 is 0 Å². The standard InChI is InChI=1S/C13H15NO2/c15-9-13(16)12-7-6-11(8-14-12)10-4-2-1-3-5-10/h1-5,9,11-12,14H,6-8H2. The lowest BCUT2D eigenvalue weighted by molar-refractivity contribution is -0.131. The summed E-state index contributed by atoms with van der Waals surface area (Å²) in [7, 11) is 0. The minimum Gasteiger partial charge on any atom is -0.306 e. The van der Waals surface area contributed by atoms with E-state index in [1.807, 2.05) is 18.2 Å². The Labute approximate surface area is 94.9 Å². The van der Waals surface area contributed by atoms with Gasteiger partial charge in [-0.15, -0.1) is 0 Å². The lowest BCUT2D eigenvalue weighted by atomic mass is 9.88. The molecule has 0 spiro atoms. The van der Waals surface area contributed by atoms with Gasteiger partial charge in [0, 0.05) is 6.54 Å². The van der Waals surface area contributed by atoms with Crippen LogP contribution in [0.3, 0.4) is 0 Å². The number of nitrogens with one attached hydrogen (secondary N) is 1. The molecule has 0 bridgehead atoms. The Morgan fingerprint density at radius 3 is 2.56 bits per heavy atom. The Bertz CT molecular complexity index is 367. The molecule has 0 saturated carbocycles. The number of rotatable bonds is 3. The van der Waals surface area contributed by atoms with Crippen LogP contribution in [0.4, 0.5) is 0 Å². The fourth-order valence-electron chi connectivity index (χ4n) is 2.19. The number of aldehydes is 1. The highest BCUT2D eigenvalue weighted by Gasteiger charge is 2.25. The van der Waals surface area contributed by atoms with Gasteiger partial charge in [0.2, 0.25) is 5.78 Å². The Morgan fingerprint density at radius 2 is 2.00 bits per heavy atom. The van der Waals surface area contributed by atoms with Gasteiger partial charge in [0.05, 0.1) is 6.04 Å². The molecule has 0 radical (unpaired) electrons. The van der Waals surface area contributed by atoms with Crippen molar-refractivity contribution in [1.82, 2.24) is 5.32 Å². The van der Waals surface area contributed by atoms with Crippen LogP contribution < -0.4 is 5.32 Å². The van der Waals surface area contributed by atoms with Crippen molar-refractivity contribution < 1.29 is 9.59 Å². The molecule has 1 aliphatic rings. The van der Waals surface area contributed by atoms with Gasteiger partial charge in [-0.1, -0.05) is 30.3 Å². The quantitative estimate of drug-likeness (QED) is 0.613. The van der Waals surface area contributed by atoms with E-state index in [2.05, 4.69) is 17.4 Å². The third-order valence-electron chi connectivity index (χ3n) is 3.15. The van der Waals surface area contributed by atoms with Crippen LogP contribution in [0.5, 0.6) is 0 Å². The molecular weight excluding hydrogens is 202 g/mol. The van der Waals surface area contributed by atoms with E-state index < -0.39 is 0 Å². The Morgan fingerprint density at radius 1 is 1.25 bits per heavy atom.